The number of carbonyl (C=O) groups is 1. The summed E-state index contributed by atoms with van der Waals surface area (Å²) in [5.74, 6) is 0.743. The Morgan fingerprint density at radius 3 is 2.60 bits per heavy atom. The van der Waals surface area contributed by atoms with Crippen molar-refractivity contribution in [1.82, 2.24) is 5.32 Å². The van der Waals surface area contributed by atoms with Gasteiger partial charge in [-0.2, -0.15) is 0 Å². The highest BCUT2D eigenvalue weighted by Gasteiger charge is 2.09. The van der Waals surface area contributed by atoms with E-state index in [1.807, 2.05) is 0 Å². The molecule has 0 saturated carbocycles. The summed E-state index contributed by atoms with van der Waals surface area (Å²) in [6.45, 7) is 5.24. The average Bonchev–Trinajstić information content (AvgIpc) is 2.37. The first-order valence-corrected chi connectivity index (χ1v) is 8.41. The molecule has 1 rings (SSSR count). The van der Waals surface area contributed by atoms with Gasteiger partial charge in [0.15, 0.2) is 0 Å². The van der Waals surface area contributed by atoms with Gasteiger partial charge < -0.3 is 5.32 Å². The van der Waals surface area contributed by atoms with Gasteiger partial charge in [-0.25, -0.2) is 0 Å². The van der Waals surface area contributed by atoms with Gasteiger partial charge in [0.05, 0.1) is 5.56 Å². The number of hydrogen-bond donors (Lipinski definition) is 1. The summed E-state index contributed by atoms with van der Waals surface area (Å²) in [7, 11) is 0. The predicted octanol–water partition coefficient (Wildman–Crippen LogP) is 5.44. The van der Waals surface area contributed by atoms with E-state index in [2.05, 4.69) is 35.1 Å². The van der Waals surface area contributed by atoms with E-state index in [9.17, 15) is 4.79 Å². The summed E-state index contributed by atoms with van der Waals surface area (Å²) in [5.41, 5.74) is 0.634. The third-order valence-electron chi connectivity index (χ3n) is 3.17. The molecule has 0 radical (unpaired) electrons. The number of nitrogens with one attached hydrogen (secondary N) is 1. The van der Waals surface area contributed by atoms with Crippen LogP contribution in [0.15, 0.2) is 22.7 Å². The highest BCUT2D eigenvalue weighted by Crippen LogP contribution is 2.21. The van der Waals surface area contributed by atoms with Crippen molar-refractivity contribution in [2.75, 3.05) is 6.54 Å². The Hall–Kier alpha value is -0.540. The number of carbonyl (C=O) groups excluding carboxylic acids is 1. The summed E-state index contributed by atoms with van der Waals surface area (Å²) < 4.78 is 0.736. The van der Waals surface area contributed by atoms with Gasteiger partial charge in [-0.3, -0.25) is 4.79 Å². The van der Waals surface area contributed by atoms with Gasteiger partial charge in [-0.15, -0.1) is 0 Å². The summed E-state index contributed by atoms with van der Waals surface area (Å²) in [4.78, 5) is 12.0. The van der Waals surface area contributed by atoms with Crippen LogP contribution >= 0.6 is 27.5 Å². The molecule has 0 aliphatic carbocycles. The molecule has 1 amide bonds. The number of benzene rings is 1. The molecule has 4 heteroatoms. The van der Waals surface area contributed by atoms with Gasteiger partial charge in [-0.1, -0.05) is 51.1 Å². The molecule has 0 bridgehead atoms. The van der Waals surface area contributed by atoms with Crippen molar-refractivity contribution >= 4 is 33.4 Å². The van der Waals surface area contributed by atoms with Crippen LogP contribution in [0.5, 0.6) is 0 Å². The van der Waals surface area contributed by atoms with E-state index in [1.165, 1.54) is 25.7 Å². The van der Waals surface area contributed by atoms with Gasteiger partial charge in [0, 0.05) is 16.0 Å². The lowest BCUT2D eigenvalue weighted by Gasteiger charge is -2.07. The molecular formula is C16H23BrClNO. The molecule has 0 saturated heterocycles. The lowest BCUT2D eigenvalue weighted by atomic mass is 10.0. The Bertz CT molecular complexity index is 434. The summed E-state index contributed by atoms with van der Waals surface area (Å²) in [5, 5.41) is 3.57. The van der Waals surface area contributed by atoms with E-state index < -0.39 is 0 Å². The second kappa shape index (κ2) is 9.41. The van der Waals surface area contributed by atoms with Crippen LogP contribution in [-0.2, 0) is 0 Å². The first-order valence-electron chi connectivity index (χ1n) is 7.24. The van der Waals surface area contributed by atoms with E-state index >= 15 is 0 Å². The van der Waals surface area contributed by atoms with Gasteiger partial charge in [-0.05, 0) is 46.5 Å². The fraction of sp³-hybridized carbons (Fsp3) is 0.562. The minimum absolute atomic E-state index is 0.0456. The second-order valence-corrected chi connectivity index (χ2v) is 6.77. The molecule has 0 unspecified atom stereocenters. The third-order valence-corrected chi connectivity index (χ3v) is 4.06. The van der Waals surface area contributed by atoms with Crippen LogP contribution in [0.4, 0.5) is 0 Å². The standard InChI is InChI=1S/C16H23BrClNO/c1-12(2)7-5-3-4-6-10-19-16(20)14-9-8-13(18)11-15(14)17/h8-9,11-12H,3-7,10H2,1-2H3,(H,19,20). The smallest absolute Gasteiger partial charge is 0.252 e. The van der Waals surface area contributed by atoms with Crippen LogP contribution in [0.1, 0.15) is 56.3 Å². The number of halogens is 2. The maximum atomic E-state index is 12.0. The van der Waals surface area contributed by atoms with Crippen molar-refractivity contribution in [3.63, 3.8) is 0 Å². The largest absolute Gasteiger partial charge is 0.352 e. The molecule has 0 aromatic heterocycles. The van der Waals surface area contributed by atoms with Gasteiger partial charge >= 0.3 is 0 Å². The molecule has 0 aliphatic heterocycles. The lowest BCUT2D eigenvalue weighted by Crippen LogP contribution is -2.24. The maximum absolute atomic E-state index is 12.0. The first kappa shape index (κ1) is 17.5. The van der Waals surface area contributed by atoms with Crippen LogP contribution < -0.4 is 5.32 Å². The van der Waals surface area contributed by atoms with E-state index in [-0.39, 0.29) is 5.91 Å². The van der Waals surface area contributed by atoms with Crippen molar-refractivity contribution in [3.05, 3.63) is 33.3 Å². The fourth-order valence-electron chi connectivity index (χ4n) is 2.00. The van der Waals surface area contributed by atoms with Crippen LogP contribution in [0.3, 0.4) is 0 Å². The Kier molecular flexibility index (Phi) is 8.24. The van der Waals surface area contributed by atoms with Crippen LogP contribution in [0.2, 0.25) is 5.02 Å². The molecule has 0 fully saturated rings. The molecule has 0 atom stereocenters. The zero-order valence-corrected chi connectivity index (χ0v) is 14.6. The maximum Gasteiger partial charge on any atom is 0.252 e. The van der Waals surface area contributed by atoms with Crippen molar-refractivity contribution < 1.29 is 4.79 Å². The van der Waals surface area contributed by atoms with Crippen LogP contribution in [0, 0.1) is 5.92 Å². The summed E-state index contributed by atoms with van der Waals surface area (Å²) >= 11 is 9.22. The SMILES string of the molecule is CC(C)CCCCCCNC(=O)c1ccc(Cl)cc1Br. The van der Waals surface area contributed by atoms with Gasteiger partial charge in [0.1, 0.15) is 0 Å². The average molecular weight is 361 g/mol. The molecule has 20 heavy (non-hydrogen) atoms. The molecule has 0 aliphatic rings. The Balaban J connectivity index is 2.20. The summed E-state index contributed by atoms with van der Waals surface area (Å²) in [6.07, 6.45) is 6.04. The van der Waals surface area contributed by atoms with Crippen LogP contribution in [0.25, 0.3) is 0 Å². The van der Waals surface area contributed by atoms with E-state index in [4.69, 9.17) is 11.6 Å². The minimum atomic E-state index is -0.0456. The number of amides is 1. The normalized spacial score (nSPS) is 10.8. The third kappa shape index (κ3) is 6.76. The summed E-state index contributed by atoms with van der Waals surface area (Å²) in [6, 6.07) is 5.21. The monoisotopic (exact) mass is 359 g/mol. The quantitative estimate of drug-likeness (QED) is 0.615. The van der Waals surface area contributed by atoms with E-state index in [1.54, 1.807) is 18.2 Å². The second-order valence-electron chi connectivity index (χ2n) is 5.48. The topological polar surface area (TPSA) is 29.1 Å². The first-order chi connectivity index (χ1) is 9.50. The highest BCUT2D eigenvalue weighted by molar-refractivity contribution is 9.10. The molecule has 1 N–H and O–H groups in total. The van der Waals surface area contributed by atoms with Crippen molar-refractivity contribution in [2.24, 2.45) is 5.92 Å². The minimum Gasteiger partial charge on any atom is -0.352 e. The molecule has 112 valence electrons. The van der Waals surface area contributed by atoms with Crippen molar-refractivity contribution in [2.45, 2.75) is 46.0 Å². The molecule has 1 aromatic carbocycles. The van der Waals surface area contributed by atoms with E-state index in [0.29, 0.717) is 10.6 Å². The highest BCUT2D eigenvalue weighted by atomic mass is 79.9. The molecule has 0 spiro atoms. The van der Waals surface area contributed by atoms with Gasteiger partial charge in [0.25, 0.3) is 5.91 Å². The molecular weight excluding hydrogens is 338 g/mol. The zero-order valence-electron chi connectivity index (χ0n) is 12.2. The fourth-order valence-corrected chi connectivity index (χ4v) is 2.86. The molecule has 1 aromatic rings. The van der Waals surface area contributed by atoms with Crippen LogP contribution in [-0.4, -0.2) is 12.5 Å². The number of unbranched alkanes of at least 4 members (excludes halogenated alkanes) is 3. The molecule has 0 heterocycles. The van der Waals surface area contributed by atoms with E-state index in [0.717, 1.165) is 23.4 Å². The lowest BCUT2D eigenvalue weighted by molar-refractivity contribution is 0.0952. The Morgan fingerprint density at radius 2 is 1.95 bits per heavy atom. The molecule has 2 nitrogen and oxygen atoms in total. The Labute approximate surface area is 135 Å². The zero-order chi connectivity index (χ0) is 15.0. The Morgan fingerprint density at radius 1 is 1.25 bits per heavy atom. The van der Waals surface area contributed by atoms with Crippen molar-refractivity contribution in [3.8, 4) is 0 Å². The van der Waals surface area contributed by atoms with Gasteiger partial charge in [0.2, 0.25) is 0 Å². The number of rotatable bonds is 8. The predicted molar refractivity (Wildman–Crippen MR) is 89.4 cm³/mol. The number of hydrogen-bond acceptors (Lipinski definition) is 1. The van der Waals surface area contributed by atoms with Crippen molar-refractivity contribution in [1.29, 1.82) is 0 Å².